The molecule has 1 saturated heterocycles. The molecule has 1 heterocycles. The van der Waals surface area contributed by atoms with Crippen LogP contribution < -0.4 is 0 Å². The van der Waals surface area contributed by atoms with Crippen molar-refractivity contribution in [3.05, 3.63) is 23.8 Å². The van der Waals surface area contributed by atoms with Gasteiger partial charge in [-0.25, -0.2) is 0 Å². The first kappa shape index (κ1) is 11.2. The molecule has 1 aliphatic rings. The molecule has 0 aliphatic carbocycles. The van der Waals surface area contributed by atoms with Crippen molar-refractivity contribution in [3.63, 3.8) is 0 Å². The van der Waals surface area contributed by atoms with E-state index in [1.165, 1.54) is 12.1 Å². The monoisotopic (exact) mass is 239 g/mol. The summed E-state index contributed by atoms with van der Waals surface area (Å²) in [6.07, 6.45) is 0. The first-order chi connectivity index (χ1) is 7.68. The molecule has 0 saturated carbocycles. The molecule has 0 unspecified atom stereocenters. The van der Waals surface area contributed by atoms with Crippen LogP contribution in [0, 0.1) is 0 Å². The van der Waals surface area contributed by atoms with Crippen molar-refractivity contribution >= 4 is 17.2 Å². The second kappa shape index (κ2) is 4.67. The molecule has 4 nitrogen and oxygen atoms in total. The number of aromatic hydroxyl groups is 2. The highest BCUT2D eigenvalue weighted by Crippen LogP contribution is 2.25. The standard InChI is InChI=1S/C11H13NO3S/c13-9-2-1-8(7-10(9)14)11(16)12-3-5-15-6-4-12/h1-2,7,13-14H,3-6H2. The fraction of sp³-hybridized carbons (Fsp3) is 0.364. The number of morpholine rings is 1. The number of ether oxygens (including phenoxy) is 1. The quantitative estimate of drug-likeness (QED) is 0.568. The van der Waals surface area contributed by atoms with E-state index in [4.69, 9.17) is 17.0 Å². The lowest BCUT2D eigenvalue weighted by atomic mass is 10.2. The van der Waals surface area contributed by atoms with Gasteiger partial charge in [0.2, 0.25) is 0 Å². The van der Waals surface area contributed by atoms with Crippen molar-refractivity contribution in [2.24, 2.45) is 0 Å². The SMILES string of the molecule is Oc1ccc(C(=S)N2CCOCC2)cc1O. The van der Waals surface area contributed by atoms with Crippen molar-refractivity contribution in [2.45, 2.75) is 0 Å². The highest BCUT2D eigenvalue weighted by molar-refractivity contribution is 7.80. The van der Waals surface area contributed by atoms with Crippen LogP contribution in [0.15, 0.2) is 18.2 Å². The van der Waals surface area contributed by atoms with Gasteiger partial charge in [0, 0.05) is 18.7 Å². The third-order valence-corrected chi connectivity index (χ3v) is 3.01. The highest BCUT2D eigenvalue weighted by Gasteiger charge is 2.15. The molecule has 0 bridgehead atoms. The van der Waals surface area contributed by atoms with Gasteiger partial charge in [-0.3, -0.25) is 0 Å². The first-order valence-electron chi connectivity index (χ1n) is 5.07. The minimum atomic E-state index is -0.145. The van der Waals surface area contributed by atoms with Gasteiger partial charge >= 0.3 is 0 Å². The molecule has 1 fully saturated rings. The van der Waals surface area contributed by atoms with E-state index in [2.05, 4.69) is 0 Å². The van der Waals surface area contributed by atoms with Crippen LogP contribution in [-0.4, -0.2) is 46.4 Å². The number of nitrogens with zero attached hydrogens (tertiary/aromatic N) is 1. The number of benzene rings is 1. The molecule has 0 aromatic heterocycles. The van der Waals surface area contributed by atoms with E-state index in [1.807, 2.05) is 4.90 Å². The van der Waals surface area contributed by atoms with Gasteiger partial charge in [0.25, 0.3) is 0 Å². The molecule has 86 valence electrons. The lowest BCUT2D eigenvalue weighted by Gasteiger charge is -2.29. The van der Waals surface area contributed by atoms with Crippen LogP contribution in [0.2, 0.25) is 0 Å². The third kappa shape index (κ3) is 2.25. The summed E-state index contributed by atoms with van der Waals surface area (Å²) in [7, 11) is 0. The van der Waals surface area contributed by atoms with Crippen molar-refractivity contribution in [1.82, 2.24) is 4.90 Å². The van der Waals surface area contributed by atoms with E-state index in [0.717, 1.165) is 18.7 Å². The molecule has 0 spiro atoms. The van der Waals surface area contributed by atoms with Gasteiger partial charge in [-0.15, -0.1) is 0 Å². The summed E-state index contributed by atoms with van der Waals surface area (Å²) >= 11 is 5.32. The Morgan fingerprint density at radius 1 is 1.19 bits per heavy atom. The molecule has 2 N–H and O–H groups in total. The average molecular weight is 239 g/mol. The Balaban J connectivity index is 2.16. The second-order valence-electron chi connectivity index (χ2n) is 3.61. The molecule has 16 heavy (non-hydrogen) atoms. The van der Waals surface area contributed by atoms with E-state index >= 15 is 0 Å². The number of thiocarbonyl (C=S) groups is 1. The van der Waals surface area contributed by atoms with Gasteiger partial charge in [-0.2, -0.15) is 0 Å². The van der Waals surface area contributed by atoms with Crippen LogP contribution in [0.25, 0.3) is 0 Å². The number of hydrogen-bond acceptors (Lipinski definition) is 4. The summed E-state index contributed by atoms with van der Waals surface area (Å²) in [6, 6.07) is 4.62. The maximum Gasteiger partial charge on any atom is 0.158 e. The smallest absolute Gasteiger partial charge is 0.158 e. The van der Waals surface area contributed by atoms with E-state index in [-0.39, 0.29) is 11.5 Å². The Hall–Kier alpha value is -1.33. The highest BCUT2D eigenvalue weighted by atomic mass is 32.1. The van der Waals surface area contributed by atoms with Gasteiger partial charge in [0.05, 0.1) is 13.2 Å². The molecule has 1 aromatic rings. The van der Waals surface area contributed by atoms with Crippen molar-refractivity contribution in [2.75, 3.05) is 26.3 Å². The van der Waals surface area contributed by atoms with Gasteiger partial charge in [0.1, 0.15) is 4.99 Å². The summed E-state index contributed by atoms with van der Waals surface area (Å²) in [5.41, 5.74) is 0.743. The van der Waals surface area contributed by atoms with E-state index in [1.54, 1.807) is 6.07 Å². The Labute approximate surface area is 99.1 Å². The third-order valence-electron chi connectivity index (χ3n) is 2.52. The number of phenols is 2. The molecular formula is C11H13NO3S. The topological polar surface area (TPSA) is 52.9 Å². The van der Waals surface area contributed by atoms with Gasteiger partial charge < -0.3 is 19.8 Å². The van der Waals surface area contributed by atoms with Crippen molar-refractivity contribution in [3.8, 4) is 11.5 Å². The maximum absolute atomic E-state index is 9.39. The van der Waals surface area contributed by atoms with Crippen LogP contribution in [0.5, 0.6) is 11.5 Å². The van der Waals surface area contributed by atoms with Crippen LogP contribution >= 0.6 is 12.2 Å². The van der Waals surface area contributed by atoms with E-state index in [9.17, 15) is 10.2 Å². The minimum absolute atomic E-state index is 0.131. The first-order valence-corrected chi connectivity index (χ1v) is 5.48. The Bertz CT molecular complexity index is 402. The van der Waals surface area contributed by atoms with Crippen LogP contribution in [0.1, 0.15) is 5.56 Å². The molecule has 0 amide bonds. The lowest BCUT2D eigenvalue weighted by Crippen LogP contribution is -2.40. The molecular weight excluding hydrogens is 226 g/mol. The summed E-state index contributed by atoms with van der Waals surface area (Å²) in [4.78, 5) is 2.71. The number of rotatable bonds is 1. The zero-order valence-corrected chi connectivity index (χ0v) is 9.54. The zero-order chi connectivity index (χ0) is 11.5. The van der Waals surface area contributed by atoms with Gasteiger partial charge in [-0.05, 0) is 18.2 Å². The van der Waals surface area contributed by atoms with Gasteiger partial charge in [0.15, 0.2) is 11.5 Å². The van der Waals surface area contributed by atoms with E-state index < -0.39 is 0 Å². The predicted octanol–water partition coefficient (Wildman–Crippen LogP) is 1.11. The zero-order valence-electron chi connectivity index (χ0n) is 8.72. The number of phenolic OH excluding ortho intramolecular Hbond substituents is 2. The molecule has 2 rings (SSSR count). The summed E-state index contributed by atoms with van der Waals surface area (Å²) in [5, 5.41) is 18.6. The lowest BCUT2D eigenvalue weighted by molar-refractivity contribution is 0.0693. The van der Waals surface area contributed by atoms with Crippen LogP contribution in [0.4, 0.5) is 0 Å². The molecule has 0 atom stereocenters. The molecule has 5 heteroatoms. The normalized spacial score (nSPS) is 16.1. The number of hydrogen-bond donors (Lipinski definition) is 2. The predicted molar refractivity (Wildman–Crippen MR) is 63.9 cm³/mol. The van der Waals surface area contributed by atoms with E-state index in [0.29, 0.717) is 18.2 Å². The Morgan fingerprint density at radius 3 is 2.50 bits per heavy atom. The molecule has 1 aromatic carbocycles. The Kier molecular flexibility index (Phi) is 3.26. The summed E-state index contributed by atoms with van der Waals surface area (Å²) in [6.45, 7) is 2.87. The Morgan fingerprint density at radius 2 is 1.88 bits per heavy atom. The largest absolute Gasteiger partial charge is 0.504 e. The van der Waals surface area contributed by atoms with Gasteiger partial charge in [-0.1, -0.05) is 12.2 Å². The van der Waals surface area contributed by atoms with Crippen molar-refractivity contribution in [1.29, 1.82) is 0 Å². The van der Waals surface area contributed by atoms with Crippen LogP contribution in [-0.2, 0) is 4.74 Å². The maximum atomic E-state index is 9.39. The molecule has 1 aliphatic heterocycles. The minimum Gasteiger partial charge on any atom is -0.504 e. The fourth-order valence-electron chi connectivity index (χ4n) is 1.61. The summed E-state index contributed by atoms with van der Waals surface area (Å²) in [5.74, 6) is -0.276. The van der Waals surface area contributed by atoms with Crippen LogP contribution in [0.3, 0.4) is 0 Å². The average Bonchev–Trinajstić information content (AvgIpc) is 2.33. The summed E-state index contributed by atoms with van der Waals surface area (Å²) < 4.78 is 5.24. The fourth-order valence-corrected chi connectivity index (χ4v) is 1.92. The second-order valence-corrected chi connectivity index (χ2v) is 3.99. The molecule has 0 radical (unpaired) electrons. The van der Waals surface area contributed by atoms with Crippen molar-refractivity contribution < 1.29 is 14.9 Å².